The normalized spacial score (nSPS) is 14.5. The van der Waals surface area contributed by atoms with Crippen molar-refractivity contribution >= 4 is 55.7 Å². The smallest absolute Gasteiger partial charge is 0.0727 e. The van der Waals surface area contributed by atoms with Crippen LogP contribution >= 0.6 is 0 Å². The van der Waals surface area contributed by atoms with E-state index in [0.29, 0.717) is 0 Å². The van der Waals surface area contributed by atoms with Gasteiger partial charge in [-0.1, -0.05) is 170 Å². The minimum absolute atomic E-state index is 0.577. The maximum absolute atomic E-state index is 2.53. The third-order valence-corrected chi connectivity index (χ3v) is 12.6. The van der Waals surface area contributed by atoms with Gasteiger partial charge in [-0.15, -0.1) is 0 Å². The van der Waals surface area contributed by atoms with E-state index in [-0.39, 0.29) is 0 Å². The number of para-hydroxylation sites is 3. The van der Waals surface area contributed by atoms with Gasteiger partial charge in [-0.3, -0.25) is 0 Å². The summed E-state index contributed by atoms with van der Waals surface area (Å²) in [7, 11) is 0. The average Bonchev–Trinajstić information content (AvgIpc) is 3.77. The summed E-state index contributed by atoms with van der Waals surface area (Å²) in [5, 5.41) is 4.86. The van der Waals surface area contributed by atoms with Crippen LogP contribution in [0.15, 0.2) is 231 Å². The summed E-state index contributed by atoms with van der Waals surface area (Å²) < 4.78 is 0. The maximum atomic E-state index is 2.53. The molecule has 2 nitrogen and oxygen atoms in total. The van der Waals surface area contributed by atoms with Gasteiger partial charge in [0.25, 0.3) is 0 Å². The number of nitrogens with zero attached hydrogens (tertiary/aromatic N) is 2. The zero-order valence-corrected chi connectivity index (χ0v) is 32.3. The molecule has 0 saturated carbocycles. The molecule has 0 amide bonds. The van der Waals surface area contributed by atoms with Crippen LogP contribution in [0.5, 0.6) is 0 Å². The first-order chi connectivity index (χ1) is 29.3. The van der Waals surface area contributed by atoms with E-state index in [0.717, 1.165) is 28.4 Å². The van der Waals surface area contributed by atoms with Crippen molar-refractivity contribution in [2.75, 3.05) is 9.80 Å². The lowest BCUT2D eigenvalue weighted by atomic mass is 9.70. The van der Waals surface area contributed by atoms with Crippen LogP contribution in [0.2, 0.25) is 0 Å². The molecular formula is C57H38N2. The van der Waals surface area contributed by atoms with E-state index < -0.39 is 5.41 Å². The van der Waals surface area contributed by atoms with Gasteiger partial charge in [-0.2, -0.15) is 0 Å². The highest BCUT2D eigenvalue weighted by atomic mass is 15.2. The number of fused-ring (bicyclic) bond motifs is 12. The van der Waals surface area contributed by atoms with Crippen molar-refractivity contribution in [1.82, 2.24) is 0 Å². The van der Waals surface area contributed by atoms with Crippen molar-refractivity contribution in [3.63, 3.8) is 0 Å². The van der Waals surface area contributed by atoms with Gasteiger partial charge in [-0.25, -0.2) is 0 Å². The van der Waals surface area contributed by atoms with Crippen LogP contribution < -0.4 is 9.80 Å². The second kappa shape index (κ2) is 13.2. The molecule has 0 saturated heterocycles. The summed E-state index contributed by atoms with van der Waals surface area (Å²) in [5.41, 5.74) is 16.6. The summed E-state index contributed by atoms with van der Waals surface area (Å²) in [4.78, 5) is 4.92. The Hall–Kier alpha value is -7.68. The molecular weight excluding hydrogens is 713 g/mol. The van der Waals surface area contributed by atoms with Gasteiger partial charge in [0.15, 0.2) is 0 Å². The van der Waals surface area contributed by atoms with Crippen molar-refractivity contribution in [3.05, 3.63) is 253 Å². The molecule has 0 radical (unpaired) electrons. The van der Waals surface area contributed by atoms with E-state index in [1.165, 1.54) is 71.7 Å². The van der Waals surface area contributed by atoms with Crippen molar-refractivity contribution < 1.29 is 0 Å². The summed E-state index contributed by atoms with van der Waals surface area (Å²) in [6.45, 7) is 0. The Kier molecular flexibility index (Phi) is 7.48. The van der Waals surface area contributed by atoms with Crippen LogP contribution in [0.3, 0.4) is 0 Å². The second-order valence-electron chi connectivity index (χ2n) is 15.6. The first-order valence-corrected chi connectivity index (χ1v) is 20.4. The molecule has 59 heavy (non-hydrogen) atoms. The number of rotatable bonds is 6. The zero-order chi connectivity index (χ0) is 38.9. The highest BCUT2D eigenvalue weighted by Gasteiger charge is 2.53. The van der Waals surface area contributed by atoms with E-state index in [1.54, 1.807) is 0 Å². The highest BCUT2D eigenvalue weighted by molar-refractivity contribution is 6.14. The van der Waals surface area contributed by atoms with Crippen LogP contribution in [-0.4, -0.2) is 0 Å². The molecule has 0 bridgehead atoms. The van der Waals surface area contributed by atoms with Crippen LogP contribution in [0.25, 0.3) is 43.8 Å². The van der Waals surface area contributed by atoms with E-state index >= 15 is 0 Å². The third-order valence-electron chi connectivity index (χ3n) is 12.6. The molecule has 10 aromatic rings. The second-order valence-corrected chi connectivity index (χ2v) is 15.6. The van der Waals surface area contributed by atoms with Gasteiger partial charge in [0.2, 0.25) is 0 Å². The molecule has 1 unspecified atom stereocenters. The fourth-order valence-corrected chi connectivity index (χ4v) is 10.3. The summed E-state index contributed by atoms with van der Waals surface area (Å²) >= 11 is 0. The third kappa shape index (κ3) is 4.87. The fraction of sp³-hybridized carbons (Fsp3) is 0.0175. The lowest BCUT2D eigenvalue weighted by molar-refractivity contribution is 0.795. The molecule has 0 aromatic heterocycles. The van der Waals surface area contributed by atoms with Crippen molar-refractivity contribution in [2.45, 2.75) is 5.41 Å². The van der Waals surface area contributed by atoms with Gasteiger partial charge in [0, 0.05) is 39.1 Å². The van der Waals surface area contributed by atoms with Crippen molar-refractivity contribution in [3.8, 4) is 22.3 Å². The lowest BCUT2D eigenvalue weighted by Crippen LogP contribution is -2.26. The molecule has 12 rings (SSSR count). The number of anilines is 6. The molecule has 0 N–H and O–H groups in total. The quantitative estimate of drug-likeness (QED) is 0.167. The van der Waals surface area contributed by atoms with Gasteiger partial charge >= 0.3 is 0 Å². The summed E-state index contributed by atoms with van der Waals surface area (Å²) in [6, 6.07) is 84.9. The monoisotopic (exact) mass is 750 g/mol. The zero-order valence-electron chi connectivity index (χ0n) is 32.3. The minimum atomic E-state index is -0.577. The predicted octanol–water partition coefficient (Wildman–Crippen LogP) is 15.3. The Balaban J connectivity index is 1.22. The number of hydrogen-bond donors (Lipinski definition) is 0. The van der Waals surface area contributed by atoms with E-state index in [9.17, 15) is 0 Å². The van der Waals surface area contributed by atoms with Gasteiger partial charge in [-0.05, 0) is 110 Å². The SMILES string of the molecule is c1ccc(N(c2ccccc2)c2ccc3c(c2)C2(c4ccccc4-3)c3ccccc3-c3c2cc2ccccc2c3N(c2ccccc2)c2cccc3ccccc23)cc1. The lowest BCUT2D eigenvalue weighted by Gasteiger charge is -2.34. The van der Waals surface area contributed by atoms with Gasteiger partial charge in [0.05, 0.1) is 16.8 Å². The molecule has 1 atom stereocenters. The fourth-order valence-electron chi connectivity index (χ4n) is 10.3. The molecule has 1 spiro atoms. The molecule has 2 aliphatic carbocycles. The minimum Gasteiger partial charge on any atom is -0.310 e. The van der Waals surface area contributed by atoms with E-state index in [4.69, 9.17) is 0 Å². The van der Waals surface area contributed by atoms with E-state index in [1.807, 2.05) is 0 Å². The molecule has 10 aromatic carbocycles. The summed E-state index contributed by atoms with van der Waals surface area (Å²) in [6.07, 6.45) is 0. The van der Waals surface area contributed by atoms with Crippen LogP contribution in [0.4, 0.5) is 34.1 Å². The first kappa shape index (κ1) is 33.5. The molecule has 276 valence electrons. The van der Waals surface area contributed by atoms with Crippen LogP contribution in [0, 0.1) is 0 Å². The highest BCUT2D eigenvalue weighted by Crippen LogP contribution is 2.66. The van der Waals surface area contributed by atoms with Crippen molar-refractivity contribution in [1.29, 1.82) is 0 Å². The topological polar surface area (TPSA) is 6.48 Å². The number of hydrogen-bond acceptors (Lipinski definition) is 2. The van der Waals surface area contributed by atoms with Crippen LogP contribution in [0.1, 0.15) is 22.3 Å². The Morgan fingerprint density at radius 2 is 0.797 bits per heavy atom. The van der Waals surface area contributed by atoms with E-state index in [2.05, 4.69) is 240 Å². The molecule has 2 aliphatic rings. The summed E-state index contributed by atoms with van der Waals surface area (Å²) in [5.74, 6) is 0. The Morgan fingerprint density at radius 3 is 1.49 bits per heavy atom. The Labute approximate surface area is 344 Å². The average molecular weight is 751 g/mol. The molecule has 2 heteroatoms. The van der Waals surface area contributed by atoms with Crippen LogP contribution in [-0.2, 0) is 5.41 Å². The molecule has 0 aliphatic heterocycles. The predicted molar refractivity (Wildman–Crippen MR) is 247 cm³/mol. The van der Waals surface area contributed by atoms with Gasteiger partial charge in [0.1, 0.15) is 0 Å². The van der Waals surface area contributed by atoms with Crippen molar-refractivity contribution in [2.24, 2.45) is 0 Å². The first-order valence-electron chi connectivity index (χ1n) is 20.4. The standard InChI is InChI=1S/C57H38N2/c1-4-22-41(23-5-1)58(42-24-6-2-7-25-42)44-35-36-48-47-30-14-16-32-50(47)57(52(48)38-44)51-33-17-15-31-49(51)55-53(57)37-40-20-11-13-29-46(40)56(55)59(43-26-8-3-9-27-43)54-34-18-21-39-19-10-12-28-45(39)54/h1-38H. The molecule has 0 fully saturated rings. The Bertz CT molecular complexity index is 3180. The molecule has 0 heterocycles. The maximum Gasteiger partial charge on any atom is 0.0727 e. The largest absolute Gasteiger partial charge is 0.310 e. The Morgan fingerprint density at radius 1 is 0.288 bits per heavy atom. The number of benzene rings is 10. The van der Waals surface area contributed by atoms with Gasteiger partial charge < -0.3 is 9.80 Å².